The summed E-state index contributed by atoms with van der Waals surface area (Å²) in [7, 11) is -3.78. The van der Waals surface area contributed by atoms with Crippen molar-refractivity contribution in [1.29, 1.82) is 0 Å². The smallest absolute Gasteiger partial charge is 0.274 e. The minimum Gasteiger partial charge on any atom is -0.490 e. The molecule has 2 heterocycles. The Kier molecular flexibility index (Phi) is 3.95. The molecule has 1 N–H and O–H groups in total. The lowest BCUT2D eigenvalue weighted by Crippen LogP contribution is -2.40. The van der Waals surface area contributed by atoms with Crippen LogP contribution in [0.2, 0.25) is 0 Å². The average Bonchev–Trinajstić information content (AvgIpc) is 2.61. The highest BCUT2D eigenvalue weighted by molar-refractivity contribution is 7.93. The Morgan fingerprint density at radius 2 is 1.76 bits per heavy atom. The van der Waals surface area contributed by atoms with E-state index in [1.165, 1.54) is 0 Å². The number of fused-ring (bicyclic) bond motifs is 2. The van der Waals surface area contributed by atoms with Gasteiger partial charge in [-0.25, -0.2) is 8.42 Å². The molecule has 7 heteroatoms. The first-order valence-electron chi connectivity index (χ1n) is 8.21. The number of hydrogen-bond donors (Lipinski definition) is 1. The SMILES string of the molecule is CC1CCc2c(NS(=O)(=O)C3COc4ccccc4O3)cccc2O1. The molecule has 0 fully saturated rings. The van der Waals surface area contributed by atoms with E-state index in [0.29, 0.717) is 17.2 Å². The van der Waals surface area contributed by atoms with Crippen LogP contribution in [0.4, 0.5) is 5.69 Å². The molecule has 132 valence electrons. The van der Waals surface area contributed by atoms with Gasteiger partial charge in [0.1, 0.15) is 12.4 Å². The van der Waals surface area contributed by atoms with Crippen LogP contribution in [-0.4, -0.2) is 26.6 Å². The number of para-hydroxylation sites is 2. The summed E-state index contributed by atoms with van der Waals surface area (Å²) in [5, 5.41) is 0. The summed E-state index contributed by atoms with van der Waals surface area (Å²) < 4.78 is 45.1. The zero-order valence-corrected chi connectivity index (χ0v) is 14.6. The maximum absolute atomic E-state index is 12.8. The Balaban J connectivity index is 1.58. The van der Waals surface area contributed by atoms with E-state index in [1.807, 2.05) is 19.1 Å². The molecule has 2 aromatic carbocycles. The Labute approximate surface area is 146 Å². The Morgan fingerprint density at radius 1 is 1.00 bits per heavy atom. The highest BCUT2D eigenvalue weighted by Crippen LogP contribution is 2.35. The summed E-state index contributed by atoms with van der Waals surface area (Å²) in [6.45, 7) is 1.94. The van der Waals surface area contributed by atoms with Gasteiger partial charge in [-0.15, -0.1) is 0 Å². The van der Waals surface area contributed by atoms with Crippen molar-refractivity contribution in [2.75, 3.05) is 11.3 Å². The molecule has 0 bridgehead atoms. The van der Waals surface area contributed by atoms with Crippen molar-refractivity contribution in [2.45, 2.75) is 31.3 Å². The molecular formula is C18H19NO5S. The summed E-state index contributed by atoms with van der Waals surface area (Å²) in [4.78, 5) is 0. The maximum atomic E-state index is 12.8. The van der Waals surface area contributed by atoms with Gasteiger partial charge in [-0.3, -0.25) is 4.72 Å². The molecule has 0 amide bonds. The van der Waals surface area contributed by atoms with Gasteiger partial charge in [-0.2, -0.15) is 0 Å². The Bertz CT molecular complexity index is 896. The van der Waals surface area contributed by atoms with E-state index in [-0.39, 0.29) is 12.7 Å². The number of sulfonamides is 1. The van der Waals surface area contributed by atoms with E-state index in [2.05, 4.69) is 4.72 Å². The fourth-order valence-corrected chi connectivity index (χ4v) is 4.13. The number of ether oxygens (including phenoxy) is 3. The number of nitrogens with one attached hydrogen (secondary N) is 1. The fraction of sp³-hybridized carbons (Fsp3) is 0.333. The molecule has 2 atom stereocenters. The van der Waals surface area contributed by atoms with Crippen molar-refractivity contribution in [1.82, 2.24) is 0 Å². The first-order valence-corrected chi connectivity index (χ1v) is 9.76. The van der Waals surface area contributed by atoms with Crippen molar-refractivity contribution in [3.8, 4) is 17.2 Å². The van der Waals surface area contributed by atoms with Gasteiger partial charge in [0, 0.05) is 5.56 Å². The molecule has 0 aromatic heterocycles. The number of benzene rings is 2. The lowest BCUT2D eigenvalue weighted by molar-refractivity contribution is 0.142. The molecule has 25 heavy (non-hydrogen) atoms. The van der Waals surface area contributed by atoms with Gasteiger partial charge < -0.3 is 14.2 Å². The van der Waals surface area contributed by atoms with Gasteiger partial charge in [0.25, 0.3) is 15.5 Å². The summed E-state index contributed by atoms with van der Waals surface area (Å²) in [6, 6.07) is 12.4. The van der Waals surface area contributed by atoms with E-state index >= 15 is 0 Å². The lowest BCUT2D eigenvalue weighted by atomic mass is 10.0. The van der Waals surface area contributed by atoms with Crippen LogP contribution in [0.25, 0.3) is 0 Å². The van der Waals surface area contributed by atoms with E-state index in [0.717, 1.165) is 24.2 Å². The Morgan fingerprint density at radius 3 is 2.60 bits per heavy atom. The van der Waals surface area contributed by atoms with E-state index in [1.54, 1.807) is 30.3 Å². The van der Waals surface area contributed by atoms with E-state index < -0.39 is 15.5 Å². The van der Waals surface area contributed by atoms with Gasteiger partial charge in [0.2, 0.25) is 0 Å². The van der Waals surface area contributed by atoms with Crippen LogP contribution in [-0.2, 0) is 16.4 Å². The quantitative estimate of drug-likeness (QED) is 0.910. The molecule has 2 aliphatic rings. The normalized spacial score (nSPS) is 21.8. The predicted octanol–water partition coefficient (Wildman–Crippen LogP) is 2.94. The summed E-state index contributed by atoms with van der Waals surface area (Å²) >= 11 is 0. The summed E-state index contributed by atoms with van der Waals surface area (Å²) in [5.74, 6) is 1.70. The molecule has 0 aliphatic carbocycles. The average molecular weight is 361 g/mol. The first kappa shape index (κ1) is 16.1. The van der Waals surface area contributed by atoms with E-state index in [9.17, 15) is 8.42 Å². The van der Waals surface area contributed by atoms with Crippen LogP contribution >= 0.6 is 0 Å². The summed E-state index contributed by atoms with van der Waals surface area (Å²) in [5.41, 5.74) is 0.301. The van der Waals surface area contributed by atoms with Gasteiger partial charge in [-0.05, 0) is 44.0 Å². The Hall–Kier alpha value is -2.41. The van der Waals surface area contributed by atoms with Crippen LogP contribution in [0.3, 0.4) is 0 Å². The monoisotopic (exact) mass is 361 g/mol. The molecule has 2 aromatic rings. The second-order valence-electron chi connectivity index (χ2n) is 6.20. The van der Waals surface area contributed by atoms with Crippen LogP contribution in [0.5, 0.6) is 17.2 Å². The van der Waals surface area contributed by atoms with Crippen molar-refractivity contribution in [3.05, 3.63) is 48.0 Å². The molecule has 4 rings (SSSR count). The van der Waals surface area contributed by atoms with Gasteiger partial charge >= 0.3 is 0 Å². The third-order valence-electron chi connectivity index (χ3n) is 4.34. The zero-order chi connectivity index (χ0) is 17.4. The molecule has 2 unspecified atom stereocenters. The van der Waals surface area contributed by atoms with Crippen LogP contribution in [0.1, 0.15) is 18.9 Å². The highest BCUT2D eigenvalue weighted by Gasteiger charge is 2.33. The third kappa shape index (κ3) is 3.11. The second-order valence-corrected chi connectivity index (χ2v) is 8.02. The van der Waals surface area contributed by atoms with Crippen LogP contribution < -0.4 is 18.9 Å². The third-order valence-corrected chi connectivity index (χ3v) is 5.77. The standard InChI is InChI=1S/C18H19NO5S/c1-12-9-10-13-14(5-4-8-15(13)23-12)19-25(20,21)18-11-22-16-6-2-3-7-17(16)24-18/h2-8,12,18-19H,9-11H2,1H3. The highest BCUT2D eigenvalue weighted by atomic mass is 32.2. The van der Waals surface area contributed by atoms with Gasteiger partial charge in [0.05, 0.1) is 11.8 Å². The fourth-order valence-electron chi connectivity index (χ4n) is 3.02. The number of anilines is 1. The van der Waals surface area contributed by atoms with Crippen LogP contribution in [0.15, 0.2) is 42.5 Å². The topological polar surface area (TPSA) is 73.9 Å². The second kappa shape index (κ2) is 6.15. The molecule has 0 saturated heterocycles. The van der Waals surface area contributed by atoms with Gasteiger partial charge in [-0.1, -0.05) is 18.2 Å². The summed E-state index contributed by atoms with van der Waals surface area (Å²) in [6.07, 6.45) is 1.74. The first-order chi connectivity index (χ1) is 12.0. The van der Waals surface area contributed by atoms with E-state index in [4.69, 9.17) is 14.2 Å². The molecular weight excluding hydrogens is 342 g/mol. The molecule has 6 nitrogen and oxygen atoms in total. The number of hydrogen-bond acceptors (Lipinski definition) is 5. The van der Waals surface area contributed by atoms with Crippen molar-refractivity contribution in [3.63, 3.8) is 0 Å². The number of rotatable bonds is 3. The largest absolute Gasteiger partial charge is 0.490 e. The molecule has 0 saturated carbocycles. The molecule has 0 spiro atoms. The van der Waals surface area contributed by atoms with Crippen molar-refractivity contribution < 1.29 is 22.6 Å². The van der Waals surface area contributed by atoms with Gasteiger partial charge in [0.15, 0.2) is 11.5 Å². The minimum absolute atomic E-state index is 0.0606. The lowest BCUT2D eigenvalue weighted by Gasteiger charge is -2.28. The zero-order valence-electron chi connectivity index (χ0n) is 13.8. The van der Waals surface area contributed by atoms with Crippen LogP contribution in [0, 0.1) is 0 Å². The van der Waals surface area contributed by atoms with Crippen molar-refractivity contribution in [2.24, 2.45) is 0 Å². The molecule has 0 radical (unpaired) electrons. The predicted molar refractivity (Wildman–Crippen MR) is 93.7 cm³/mol. The minimum atomic E-state index is -3.78. The van der Waals surface area contributed by atoms with Crippen molar-refractivity contribution >= 4 is 15.7 Å². The molecule has 2 aliphatic heterocycles. The maximum Gasteiger partial charge on any atom is 0.274 e.